The van der Waals surface area contributed by atoms with Gasteiger partial charge in [0.15, 0.2) is 0 Å². The summed E-state index contributed by atoms with van der Waals surface area (Å²) in [7, 11) is 6.13. The van der Waals surface area contributed by atoms with Crippen LogP contribution in [-0.4, -0.2) is 38.0 Å². The Hall–Kier alpha value is -2.53. The number of hydrogen-bond donors (Lipinski definition) is 0. The molecule has 0 spiro atoms. The van der Waals surface area contributed by atoms with Gasteiger partial charge in [0, 0.05) is 36.4 Å². The van der Waals surface area contributed by atoms with Gasteiger partial charge in [-0.3, -0.25) is 29.7 Å². The van der Waals surface area contributed by atoms with Crippen LogP contribution in [0.4, 0.5) is 35.1 Å². The van der Waals surface area contributed by atoms with Gasteiger partial charge in [-0.2, -0.15) is 12.2 Å². The quantitative estimate of drug-likeness (QED) is 0.167. The van der Waals surface area contributed by atoms with E-state index in [4.69, 9.17) is 0 Å². The number of hydrogen-bond acceptors (Lipinski definition) is 2. The molecule has 0 N–H and O–H groups in total. The average Bonchev–Trinajstić information content (AvgIpc) is 3.61. The van der Waals surface area contributed by atoms with E-state index in [2.05, 4.69) is 24.3 Å². The Labute approximate surface area is 238 Å². The van der Waals surface area contributed by atoms with Crippen LogP contribution in [0.15, 0.2) is 36.5 Å². The number of benzene rings is 2. The van der Waals surface area contributed by atoms with Crippen LogP contribution in [0, 0.1) is 70.8 Å². The second kappa shape index (κ2) is 18.7. The third-order valence-electron chi connectivity index (χ3n) is 4.39. The minimum atomic E-state index is -1.50. The minimum absolute atomic E-state index is 0. The maximum absolute atomic E-state index is 13.0. The molecule has 0 aliphatic heterocycles. The summed E-state index contributed by atoms with van der Waals surface area (Å²) in [4.78, 5) is 2.81. The zero-order valence-electron chi connectivity index (χ0n) is 21.7. The monoisotopic (exact) mass is 590 g/mol. The third-order valence-corrected chi connectivity index (χ3v) is 4.39. The molecule has 208 valence electrons. The van der Waals surface area contributed by atoms with Gasteiger partial charge in [0.25, 0.3) is 0 Å². The molecule has 11 heteroatoms. The van der Waals surface area contributed by atoms with Crippen molar-refractivity contribution in [1.82, 2.24) is 9.80 Å². The van der Waals surface area contributed by atoms with Crippen molar-refractivity contribution in [2.45, 2.75) is 25.9 Å². The smallest absolute Gasteiger partial charge is 0.307 e. The van der Waals surface area contributed by atoms with E-state index in [9.17, 15) is 35.1 Å². The van der Waals surface area contributed by atoms with E-state index < -0.39 is 57.7 Å². The first-order valence-corrected chi connectivity index (χ1v) is 11.1. The molecule has 0 saturated carbocycles. The molecular weight excluding hydrogens is 564 g/mol. The van der Waals surface area contributed by atoms with Gasteiger partial charge in [-0.1, -0.05) is 11.1 Å². The molecule has 39 heavy (non-hydrogen) atoms. The van der Waals surface area contributed by atoms with Crippen LogP contribution >= 0.6 is 0 Å². The van der Waals surface area contributed by atoms with Gasteiger partial charge in [-0.25, -0.2) is 41.9 Å². The van der Waals surface area contributed by atoms with Gasteiger partial charge in [0.05, 0.1) is 23.3 Å². The third kappa shape index (κ3) is 12.9. The van der Waals surface area contributed by atoms with Crippen LogP contribution in [0.1, 0.15) is 24.0 Å². The summed E-state index contributed by atoms with van der Waals surface area (Å²) in [5.74, 6) is -11.6. The predicted octanol–water partition coefficient (Wildman–Crippen LogP) is 6.82. The molecule has 2 aromatic carbocycles. The predicted molar refractivity (Wildman–Crippen MR) is 128 cm³/mol. The fraction of sp³-hybridized carbons (Fsp3) is 0.286. The number of nitrogens with zero attached hydrogens (tertiary/aromatic N) is 2. The Balaban J connectivity index is 0.000000537. The Morgan fingerprint density at radius 2 is 0.846 bits per heavy atom. The van der Waals surface area contributed by atoms with Crippen LogP contribution in [0.25, 0.3) is 0 Å². The van der Waals surface area contributed by atoms with Crippen molar-refractivity contribution in [3.63, 3.8) is 0 Å². The Morgan fingerprint density at radius 3 is 1.00 bits per heavy atom. The van der Waals surface area contributed by atoms with Gasteiger partial charge in [0.2, 0.25) is 0 Å². The second-order valence-electron chi connectivity index (χ2n) is 8.20. The molecule has 2 aliphatic carbocycles. The maximum Gasteiger partial charge on any atom is 4.00 e. The summed E-state index contributed by atoms with van der Waals surface area (Å²) in [6.07, 6.45) is 20.0. The van der Waals surface area contributed by atoms with Gasteiger partial charge < -0.3 is 9.80 Å². The molecule has 0 radical (unpaired) electrons. The zero-order valence-corrected chi connectivity index (χ0v) is 23.3. The summed E-state index contributed by atoms with van der Waals surface area (Å²) in [5, 5.41) is 0. The Kier molecular flexibility index (Phi) is 17.5. The van der Waals surface area contributed by atoms with E-state index in [0.717, 1.165) is 12.8 Å². The largest absolute Gasteiger partial charge is 4.00 e. The normalized spacial score (nSPS) is 12.5. The van der Waals surface area contributed by atoms with Crippen LogP contribution < -0.4 is 0 Å². The van der Waals surface area contributed by atoms with E-state index in [1.807, 2.05) is 24.3 Å². The molecule has 2 aliphatic rings. The molecular formula is C28H26F8N2Ti. The van der Waals surface area contributed by atoms with Crippen LogP contribution in [0.2, 0.25) is 0 Å². The van der Waals surface area contributed by atoms with Gasteiger partial charge in [0.1, 0.15) is 0 Å². The summed E-state index contributed by atoms with van der Waals surface area (Å²) in [6.45, 7) is -0.416. The minimum Gasteiger partial charge on any atom is -0.307 e. The molecule has 0 aromatic heterocycles. The first-order valence-electron chi connectivity index (χ1n) is 11.1. The standard InChI is InChI=1S/2C9H8F4N.2C5H5.Ti/c2*1-14(2)4-5-8(12)6(10)3-7(11)9(5)13;2*1-2-4-5-3-1;/h2*4H2,1-2H3;2*1-3H,4H2;/q4*-1;+4. The molecule has 0 bridgehead atoms. The van der Waals surface area contributed by atoms with Gasteiger partial charge in [-0.05, 0) is 28.2 Å². The fourth-order valence-corrected chi connectivity index (χ4v) is 2.73. The molecule has 0 amide bonds. The van der Waals surface area contributed by atoms with E-state index in [1.54, 1.807) is 0 Å². The van der Waals surface area contributed by atoms with Crippen molar-refractivity contribution in [2.75, 3.05) is 28.2 Å². The van der Waals surface area contributed by atoms with Crippen molar-refractivity contribution in [2.24, 2.45) is 0 Å². The van der Waals surface area contributed by atoms with Crippen LogP contribution in [0.5, 0.6) is 0 Å². The molecule has 0 heterocycles. The van der Waals surface area contributed by atoms with E-state index in [0.29, 0.717) is 0 Å². The fourth-order valence-electron chi connectivity index (χ4n) is 2.73. The summed E-state index contributed by atoms with van der Waals surface area (Å²) in [5.41, 5.74) is -1.24. The van der Waals surface area contributed by atoms with Crippen molar-refractivity contribution in [1.29, 1.82) is 0 Å². The molecule has 0 saturated heterocycles. The SMILES string of the molecule is CN(C)Cc1c(F)c(F)[c-]c(F)c1F.CN(C)Cc1c(F)c(F)[c-]c(F)c1F.[C-]1=CC=CC1.[C-]1=CC=CC1.[Ti+4]. The Bertz CT molecular complexity index is 1010. The van der Waals surface area contributed by atoms with Crippen molar-refractivity contribution in [3.05, 3.63) is 118 Å². The van der Waals surface area contributed by atoms with Crippen molar-refractivity contribution >= 4 is 0 Å². The molecule has 0 atom stereocenters. The molecule has 0 fully saturated rings. The van der Waals surface area contributed by atoms with Crippen molar-refractivity contribution < 1.29 is 56.8 Å². The number of allylic oxidation sites excluding steroid dienone is 8. The van der Waals surface area contributed by atoms with Gasteiger partial charge >= 0.3 is 21.7 Å². The molecule has 0 unspecified atom stereocenters. The average molecular weight is 590 g/mol. The zero-order chi connectivity index (χ0) is 28.8. The van der Waals surface area contributed by atoms with E-state index in [1.165, 1.54) is 50.1 Å². The first kappa shape index (κ1) is 36.5. The second-order valence-corrected chi connectivity index (χ2v) is 8.20. The number of halogens is 8. The Morgan fingerprint density at radius 1 is 0.564 bits per heavy atom. The maximum atomic E-state index is 13.0. The van der Waals surface area contributed by atoms with Crippen LogP contribution in [-0.2, 0) is 34.8 Å². The molecule has 2 aromatic rings. The number of rotatable bonds is 4. The van der Waals surface area contributed by atoms with Crippen molar-refractivity contribution in [3.8, 4) is 0 Å². The molecule has 4 rings (SSSR count). The summed E-state index contributed by atoms with van der Waals surface area (Å²) >= 11 is 0. The van der Waals surface area contributed by atoms with Gasteiger partial charge in [-0.15, -0.1) is 25.0 Å². The summed E-state index contributed by atoms with van der Waals surface area (Å²) < 4.78 is 102. The van der Waals surface area contributed by atoms with Crippen LogP contribution in [0.3, 0.4) is 0 Å². The van der Waals surface area contributed by atoms with E-state index >= 15 is 0 Å². The molecule has 2 nitrogen and oxygen atoms in total. The topological polar surface area (TPSA) is 6.48 Å². The first-order chi connectivity index (χ1) is 17.9. The summed E-state index contributed by atoms with van der Waals surface area (Å²) in [6, 6.07) is 2.64. The van der Waals surface area contributed by atoms with E-state index in [-0.39, 0.29) is 34.8 Å².